The van der Waals surface area contributed by atoms with Crippen LogP contribution in [-0.2, 0) is 0 Å². The van der Waals surface area contributed by atoms with Crippen molar-refractivity contribution in [2.75, 3.05) is 31.5 Å². The second-order valence-electron chi connectivity index (χ2n) is 6.75. The fraction of sp³-hybridized carbons (Fsp3) is 1.00. The van der Waals surface area contributed by atoms with Crippen molar-refractivity contribution in [1.82, 2.24) is 0 Å². The lowest BCUT2D eigenvalue weighted by Crippen LogP contribution is -3.00. The zero-order valence-electron chi connectivity index (χ0n) is 15.5. The predicted octanol–water partition coefficient (Wildman–Crippen LogP) is 3.55. The summed E-state index contributed by atoms with van der Waals surface area (Å²) in [6.45, 7) is 12.7. The van der Waals surface area contributed by atoms with Gasteiger partial charge in [0.15, 0.2) is 0 Å². The Morgan fingerprint density at radius 2 is 0.864 bits per heavy atom. The van der Waals surface area contributed by atoms with Gasteiger partial charge in [-0.1, -0.05) is 56.0 Å². The first-order valence-electron chi connectivity index (χ1n) is 9.65. The van der Waals surface area contributed by atoms with Crippen molar-refractivity contribution >= 4 is 15.9 Å². The third-order valence-electron chi connectivity index (χ3n) is 4.72. The van der Waals surface area contributed by atoms with E-state index in [1.165, 1.54) is 107 Å². The third kappa shape index (κ3) is 13.6. The van der Waals surface area contributed by atoms with Crippen molar-refractivity contribution in [3.8, 4) is 0 Å². The van der Waals surface area contributed by atoms with Crippen LogP contribution in [-0.4, -0.2) is 36.0 Å². The first-order chi connectivity index (χ1) is 10.2. The molecule has 0 saturated carbocycles. The first kappa shape index (κ1) is 25.4. The number of unbranched alkanes of at least 4 members (excludes halogenated alkanes) is 7. The average molecular weight is 490 g/mol. The molecule has 0 heterocycles. The first-order valence-corrected chi connectivity index (χ1v) is 10.8. The molecule has 0 bridgehead atoms. The Labute approximate surface area is 166 Å². The van der Waals surface area contributed by atoms with E-state index >= 15 is 0 Å². The molecule has 136 valence electrons. The summed E-state index contributed by atoms with van der Waals surface area (Å²) in [6.07, 6.45) is 15.3. The molecule has 0 atom stereocenters. The maximum absolute atomic E-state index is 3.60. The molecule has 0 aliphatic rings. The van der Waals surface area contributed by atoms with Gasteiger partial charge in [0.1, 0.15) is 0 Å². The predicted molar refractivity (Wildman–Crippen MR) is 101 cm³/mol. The highest BCUT2D eigenvalue weighted by atomic mass is 127. The molecule has 0 aromatic heterocycles. The van der Waals surface area contributed by atoms with E-state index in [9.17, 15) is 0 Å². The maximum Gasteiger partial charge on any atom is 0.0786 e. The van der Waals surface area contributed by atoms with Crippen molar-refractivity contribution in [3.05, 3.63) is 0 Å². The van der Waals surface area contributed by atoms with Gasteiger partial charge in [-0.2, -0.15) is 0 Å². The van der Waals surface area contributed by atoms with Gasteiger partial charge in [0.25, 0.3) is 0 Å². The highest BCUT2D eigenvalue weighted by Crippen LogP contribution is 2.18. The number of rotatable bonds is 16. The Bertz CT molecular complexity index is 166. The smallest absolute Gasteiger partial charge is 0.0786 e. The molecule has 22 heavy (non-hydrogen) atoms. The van der Waals surface area contributed by atoms with Gasteiger partial charge in [0.05, 0.1) is 26.2 Å². The molecule has 0 radical (unpaired) electrons. The molecule has 0 rings (SSSR count). The minimum absolute atomic E-state index is 0. The lowest BCUT2D eigenvalue weighted by atomic mass is 10.1. The Hall–Kier alpha value is 1.17. The fourth-order valence-electron chi connectivity index (χ4n) is 3.30. The van der Waals surface area contributed by atoms with E-state index in [0.717, 1.165) is 0 Å². The molecule has 0 aromatic carbocycles. The fourth-order valence-corrected chi connectivity index (χ4v) is 3.70. The number of hydrogen-bond donors (Lipinski definition) is 0. The van der Waals surface area contributed by atoms with Crippen LogP contribution in [0.15, 0.2) is 0 Å². The van der Waals surface area contributed by atoms with E-state index in [2.05, 4.69) is 36.7 Å². The van der Waals surface area contributed by atoms with Crippen LogP contribution in [0.1, 0.15) is 91.4 Å². The molecule has 0 aromatic rings. The zero-order valence-corrected chi connectivity index (χ0v) is 19.3. The summed E-state index contributed by atoms with van der Waals surface area (Å²) in [5.41, 5.74) is 0. The van der Waals surface area contributed by atoms with Gasteiger partial charge in [-0.05, 0) is 51.4 Å². The topological polar surface area (TPSA) is 0 Å². The SMILES string of the molecule is CCCCC[N+](CCCCC)(CCCCC)CCCCBr.[I-]. The molecule has 0 unspecified atom stereocenters. The average Bonchev–Trinajstić information content (AvgIpc) is 2.48. The molecule has 0 amide bonds. The summed E-state index contributed by atoms with van der Waals surface area (Å²) >= 11 is 3.60. The van der Waals surface area contributed by atoms with Crippen LogP contribution in [0.5, 0.6) is 0 Å². The van der Waals surface area contributed by atoms with Crippen LogP contribution in [0, 0.1) is 0 Å². The van der Waals surface area contributed by atoms with E-state index in [4.69, 9.17) is 0 Å². The molecular formula is C19H41BrIN. The number of hydrogen-bond acceptors (Lipinski definition) is 0. The lowest BCUT2D eigenvalue weighted by molar-refractivity contribution is -0.929. The second-order valence-corrected chi connectivity index (χ2v) is 7.55. The number of alkyl halides is 1. The quantitative estimate of drug-likeness (QED) is 0.134. The van der Waals surface area contributed by atoms with Crippen molar-refractivity contribution < 1.29 is 28.5 Å². The van der Waals surface area contributed by atoms with Crippen molar-refractivity contribution in [2.45, 2.75) is 91.4 Å². The summed E-state index contributed by atoms with van der Waals surface area (Å²) < 4.78 is 1.42. The van der Waals surface area contributed by atoms with E-state index in [1.807, 2.05) is 0 Å². The Morgan fingerprint density at radius 1 is 0.545 bits per heavy atom. The van der Waals surface area contributed by atoms with E-state index in [1.54, 1.807) is 0 Å². The highest BCUT2D eigenvalue weighted by Gasteiger charge is 2.25. The van der Waals surface area contributed by atoms with Crippen LogP contribution in [0.25, 0.3) is 0 Å². The highest BCUT2D eigenvalue weighted by molar-refractivity contribution is 9.09. The van der Waals surface area contributed by atoms with Crippen LogP contribution in [0.2, 0.25) is 0 Å². The van der Waals surface area contributed by atoms with Gasteiger partial charge < -0.3 is 28.5 Å². The molecule has 0 aliphatic heterocycles. The van der Waals surface area contributed by atoms with Crippen LogP contribution < -0.4 is 24.0 Å². The van der Waals surface area contributed by atoms with Gasteiger partial charge >= 0.3 is 0 Å². The minimum atomic E-state index is 0. The molecule has 3 heteroatoms. The standard InChI is InChI=1S/C19H41BrN.HI/c1-4-7-11-16-21(17-12-8-5-2,18-13-9-6-3)19-14-10-15-20;/h4-19H2,1-3H3;1H/q+1;/p-1. The number of nitrogens with zero attached hydrogens (tertiary/aromatic N) is 1. The summed E-state index contributed by atoms with van der Waals surface area (Å²) in [4.78, 5) is 0. The summed E-state index contributed by atoms with van der Waals surface area (Å²) in [5.74, 6) is 0. The van der Waals surface area contributed by atoms with Gasteiger partial charge in [0.2, 0.25) is 0 Å². The Balaban J connectivity index is 0. The van der Waals surface area contributed by atoms with Crippen LogP contribution in [0.3, 0.4) is 0 Å². The van der Waals surface area contributed by atoms with Crippen molar-refractivity contribution in [1.29, 1.82) is 0 Å². The molecule has 0 N–H and O–H groups in total. The Morgan fingerprint density at radius 3 is 1.14 bits per heavy atom. The van der Waals surface area contributed by atoms with Gasteiger partial charge in [-0.15, -0.1) is 0 Å². The summed E-state index contributed by atoms with van der Waals surface area (Å²) in [6, 6.07) is 0. The van der Waals surface area contributed by atoms with E-state index < -0.39 is 0 Å². The van der Waals surface area contributed by atoms with E-state index in [-0.39, 0.29) is 24.0 Å². The molecule has 0 fully saturated rings. The second kappa shape index (κ2) is 18.5. The number of halogens is 2. The Kier molecular flexibility index (Phi) is 21.4. The monoisotopic (exact) mass is 489 g/mol. The molecule has 1 nitrogen and oxygen atoms in total. The van der Waals surface area contributed by atoms with E-state index in [0.29, 0.717) is 0 Å². The van der Waals surface area contributed by atoms with Crippen molar-refractivity contribution in [3.63, 3.8) is 0 Å². The summed E-state index contributed by atoms with van der Waals surface area (Å²) in [5, 5.41) is 1.17. The zero-order chi connectivity index (χ0) is 15.8. The van der Waals surface area contributed by atoms with Crippen molar-refractivity contribution in [2.24, 2.45) is 0 Å². The molecule has 0 saturated heterocycles. The van der Waals surface area contributed by atoms with Gasteiger partial charge in [-0.3, -0.25) is 0 Å². The minimum Gasteiger partial charge on any atom is -1.00 e. The van der Waals surface area contributed by atoms with Crippen LogP contribution >= 0.6 is 15.9 Å². The normalized spacial score (nSPS) is 11.5. The lowest BCUT2D eigenvalue weighted by Gasteiger charge is -2.39. The molecule has 0 spiro atoms. The largest absolute Gasteiger partial charge is 1.00 e. The number of quaternary nitrogens is 1. The summed E-state index contributed by atoms with van der Waals surface area (Å²) in [7, 11) is 0. The maximum atomic E-state index is 3.60. The van der Waals surface area contributed by atoms with Crippen LogP contribution in [0.4, 0.5) is 0 Å². The third-order valence-corrected chi connectivity index (χ3v) is 5.28. The van der Waals surface area contributed by atoms with Gasteiger partial charge in [-0.25, -0.2) is 0 Å². The van der Waals surface area contributed by atoms with Gasteiger partial charge in [0, 0.05) is 5.33 Å². The molecular weight excluding hydrogens is 449 g/mol. The molecule has 0 aliphatic carbocycles.